The second kappa shape index (κ2) is 6.21. The molecule has 0 saturated carbocycles. The third-order valence-corrected chi connectivity index (χ3v) is 1.96. The van der Waals surface area contributed by atoms with Crippen LogP contribution in [0.1, 0.15) is 39.5 Å². The summed E-state index contributed by atoms with van der Waals surface area (Å²) in [5.74, 6) is 0.645. The predicted octanol–water partition coefficient (Wildman–Crippen LogP) is 3.20. The largest absolute Gasteiger partial charge is 0.0932 e. The Labute approximate surface area is 63.7 Å². The van der Waals surface area contributed by atoms with E-state index in [-0.39, 0.29) is 0 Å². The van der Waals surface area contributed by atoms with Crippen LogP contribution in [-0.2, 0) is 0 Å². The lowest BCUT2D eigenvalue weighted by atomic mass is 10.1. The number of thiocarbonyl (C=S) groups is 1. The average molecular weight is 144 g/mol. The Morgan fingerprint density at radius 2 is 2.11 bits per heavy atom. The van der Waals surface area contributed by atoms with Crippen LogP contribution in [-0.4, -0.2) is 5.37 Å². The highest BCUT2D eigenvalue weighted by Gasteiger charge is 1.94. The molecule has 0 aliphatic rings. The summed E-state index contributed by atoms with van der Waals surface area (Å²) in [6, 6.07) is 0. The molecule has 9 heavy (non-hydrogen) atoms. The molecule has 0 aromatic carbocycles. The lowest BCUT2D eigenvalue weighted by molar-refractivity contribution is 0.607. The first kappa shape index (κ1) is 9.09. The number of unbranched alkanes of at least 4 members (excludes halogenated alkanes) is 2. The summed E-state index contributed by atoms with van der Waals surface area (Å²) in [5, 5.41) is 1.87. The number of rotatable bonds is 5. The molecule has 54 valence electrons. The third-order valence-electron chi connectivity index (χ3n) is 1.50. The van der Waals surface area contributed by atoms with Gasteiger partial charge < -0.3 is 0 Å². The lowest BCUT2D eigenvalue weighted by Crippen LogP contribution is -1.92. The van der Waals surface area contributed by atoms with Crippen molar-refractivity contribution in [1.82, 2.24) is 0 Å². The molecule has 0 bridgehead atoms. The third kappa shape index (κ3) is 5.97. The Morgan fingerprint density at radius 1 is 1.44 bits per heavy atom. The minimum absolute atomic E-state index is 0.645. The normalized spacial score (nSPS) is 13.1. The molecule has 0 amide bonds. The molecule has 0 aliphatic heterocycles. The summed E-state index contributed by atoms with van der Waals surface area (Å²) in [7, 11) is 0. The summed E-state index contributed by atoms with van der Waals surface area (Å²) < 4.78 is 0. The molecule has 0 aromatic heterocycles. The smallest absolute Gasteiger partial charge is 0.0157 e. The lowest BCUT2D eigenvalue weighted by Gasteiger charge is -2.01. The van der Waals surface area contributed by atoms with E-state index in [0.717, 1.165) is 0 Å². The van der Waals surface area contributed by atoms with E-state index in [9.17, 15) is 0 Å². The molecule has 0 heterocycles. The summed E-state index contributed by atoms with van der Waals surface area (Å²) in [6.07, 6.45) is 5.28. The Bertz CT molecular complexity index is 69.0. The van der Waals surface area contributed by atoms with Gasteiger partial charge in [0.05, 0.1) is 0 Å². The van der Waals surface area contributed by atoms with Gasteiger partial charge in [-0.25, -0.2) is 0 Å². The number of hydrogen-bond acceptors (Lipinski definition) is 1. The fourth-order valence-corrected chi connectivity index (χ4v) is 0.920. The monoisotopic (exact) mass is 144 g/mol. The van der Waals surface area contributed by atoms with Gasteiger partial charge in [-0.1, -0.05) is 45.3 Å². The second-order valence-corrected chi connectivity index (χ2v) is 2.88. The highest BCUT2D eigenvalue weighted by Crippen LogP contribution is 2.06. The van der Waals surface area contributed by atoms with Crippen molar-refractivity contribution in [3.05, 3.63) is 0 Å². The standard InChI is InChI=1S/C8H16S/c1-3-4-5-6-8(2)7-9/h7-8H,3-6H2,1-2H3. The molecular formula is C8H16S. The molecule has 0 nitrogen and oxygen atoms in total. The summed E-state index contributed by atoms with van der Waals surface area (Å²) >= 11 is 4.80. The SMILES string of the molecule is CCCCCC(C)C=S. The van der Waals surface area contributed by atoms with Crippen molar-refractivity contribution in [3.63, 3.8) is 0 Å². The maximum Gasteiger partial charge on any atom is -0.0157 e. The Kier molecular flexibility index (Phi) is 6.28. The fourth-order valence-electron chi connectivity index (χ4n) is 0.784. The van der Waals surface area contributed by atoms with E-state index < -0.39 is 0 Å². The molecule has 0 rings (SSSR count). The Hall–Kier alpha value is 0.0900. The number of hydrogen-bond donors (Lipinski definition) is 0. The fraction of sp³-hybridized carbons (Fsp3) is 0.875. The Balaban J connectivity index is 2.96. The maximum absolute atomic E-state index is 4.80. The van der Waals surface area contributed by atoms with E-state index in [1.54, 1.807) is 0 Å². The van der Waals surface area contributed by atoms with Crippen LogP contribution in [0.4, 0.5) is 0 Å². The zero-order chi connectivity index (χ0) is 7.11. The summed E-state index contributed by atoms with van der Waals surface area (Å²) in [5.41, 5.74) is 0. The van der Waals surface area contributed by atoms with Crippen molar-refractivity contribution in [2.45, 2.75) is 39.5 Å². The molecule has 0 N–H and O–H groups in total. The van der Waals surface area contributed by atoms with Gasteiger partial charge in [-0.3, -0.25) is 0 Å². The molecule has 0 aliphatic carbocycles. The van der Waals surface area contributed by atoms with Gasteiger partial charge in [0.1, 0.15) is 0 Å². The first-order chi connectivity index (χ1) is 4.31. The van der Waals surface area contributed by atoms with Crippen LogP contribution < -0.4 is 0 Å². The van der Waals surface area contributed by atoms with Crippen LogP contribution in [0.5, 0.6) is 0 Å². The van der Waals surface area contributed by atoms with Crippen molar-refractivity contribution in [1.29, 1.82) is 0 Å². The molecule has 0 spiro atoms. The average Bonchev–Trinajstić information content (AvgIpc) is 1.89. The van der Waals surface area contributed by atoms with E-state index in [1.165, 1.54) is 25.7 Å². The molecule has 0 aromatic rings. The van der Waals surface area contributed by atoms with Crippen molar-refractivity contribution in [2.24, 2.45) is 5.92 Å². The van der Waals surface area contributed by atoms with Gasteiger partial charge in [-0.2, -0.15) is 0 Å². The van der Waals surface area contributed by atoms with E-state index >= 15 is 0 Å². The Morgan fingerprint density at radius 3 is 2.56 bits per heavy atom. The first-order valence-corrected chi connectivity index (χ1v) is 4.23. The van der Waals surface area contributed by atoms with E-state index in [1.807, 2.05) is 5.37 Å². The van der Waals surface area contributed by atoms with Crippen molar-refractivity contribution < 1.29 is 0 Å². The quantitative estimate of drug-likeness (QED) is 0.422. The minimum atomic E-state index is 0.645. The molecular weight excluding hydrogens is 128 g/mol. The van der Waals surface area contributed by atoms with Crippen LogP contribution in [0.2, 0.25) is 0 Å². The molecule has 1 heteroatoms. The summed E-state index contributed by atoms with van der Waals surface area (Å²) in [6.45, 7) is 4.41. The van der Waals surface area contributed by atoms with Gasteiger partial charge >= 0.3 is 0 Å². The van der Waals surface area contributed by atoms with Gasteiger partial charge in [-0.15, -0.1) is 0 Å². The first-order valence-electron chi connectivity index (χ1n) is 3.76. The highest BCUT2D eigenvalue weighted by molar-refractivity contribution is 7.79. The van der Waals surface area contributed by atoms with Crippen LogP contribution in [0.3, 0.4) is 0 Å². The zero-order valence-electron chi connectivity index (χ0n) is 6.39. The molecule has 0 fully saturated rings. The van der Waals surface area contributed by atoms with E-state index in [2.05, 4.69) is 13.8 Å². The zero-order valence-corrected chi connectivity index (χ0v) is 7.21. The molecule has 1 unspecified atom stereocenters. The van der Waals surface area contributed by atoms with Gasteiger partial charge in [0, 0.05) is 0 Å². The summed E-state index contributed by atoms with van der Waals surface area (Å²) in [4.78, 5) is 0. The highest BCUT2D eigenvalue weighted by atomic mass is 32.1. The van der Waals surface area contributed by atoms with Gasteiger partial charge in [0.15, 0.2) is 0 Å². The topological polar surface area (TPSA) is 0 Å². The van der Waals surface area contributed by atoms with Gasteiger partial charge in [0.2, 0.25) is 0 Å². The molecule has 1 atom stereocenters. The van der Waals surface area contributed by atoms with Gasteiger partial charge in [0.25, 0.3) is 0 Å². The predicted molar refractivity (Wildman–Crippen MR) is 47.0 cm³/mol. The van der Waals surface area contributed by atoms with Crippen LogP contribution in [0.15, 0.2) is 0 Å². The van der Waals surface area contributed by atoms with Crippen LogP contribution >= 0.6 is 12.2 Å². The second-order valence-electron chi connectivity index (χ2n) is 2.61. The van der Waals surface area contributed by atoms with Crippen LogP contribution in [0.25, 0.3) is 0 Å². The molecule has 0 saturated heterocycles. The van der Waals surface area contributed by atoms with E-state index in [4.69, 9.17) is 12.2 Å². The van der Waals surface area contributed by atoms with Crippen molar-refractivity contribution in [2.75, 3.05) is 0 Å². The minimum Gasteiger partial charge on any atom is -0.0932 e. The maximum atomic E-state index is 4.80. The van der Waals surface area contributed by atoms with Crippen molar-refractivity contribution >= 4 is 17.6 Å². The molecule has 0 radical (unpaired) electrons. The van der Waals surface area contributed by atoms with Gasteiger partial charge in [-0.05, 0) is 17.7 Å². The van der Waals surface area contributed by atoms with Crippen molar-refractivity contribution in [3.8, 4) is 0 Å². The van der Waals surface area contributed by atoms with Crippen LogP contribution in [0, 0.1) is 5.92 Å². The van der Waals surface area contributed by atoms with E-state index in [0.29, 0.717) is 5.92 Å².